The fourth-order valence-corrected chi connectivity index (χ4v) is 2.78. The molecule has 1 N–H and O–H groups in total. The lowest BCUT2D eigenvalue weighted by atomic mass is 10.2. The summed E-state index contributed by atoms with van der Waals surface area (Å²) in [5.41, 5.74) is 2.94. The molecule has 0 atom stereocenters. The number of anilines is 2. The molecule has 2 heterocycles. The molecule has 7 nitrogen and oxygen atoms in total. The number of hydrogen-bond donors (Lipinski definition) is 1. The van der Waals surface area contributed by atoms with Crippen LogP contribution in [0, 0.1) is 6.92 Å². The number of likely N-dealkylation sites (N-methyl/N-ethyl adjacent to an activating group) is 1. The van der Waals surface area contributed by atoms with E-state index < -0.39 is 0 Å². The van der Waals surface area contributed by atoms with Crippen LogP contribution in [0.1, 0.15) is 28.7 Å². The second kappa shape index (κ2) is 9.64. The van der Waals surface area contributed by atoms with Crippen molar-refractivity contribution < 1.29 is 9.53 Å². The fraction of sp³-hybridized carbons (Fsp3) is 0.273. The lowest BCUT2D eigenvalue weighted by Gasteiger charge is -2.18. The number of carbonyl (C=O) groups is 1. The average Bonchev–Trinajstić information content (AvgIpc) is 2.74. The number of amides is 1. The minimum absolute atomic E-state index is 0.275. The summed E-state index contributed by atoms with van der Waals surface area (Å²) in [7, 11) is 1.92. The molecule has 0 aliphatic carbocycles. The molecule has 1 aromatic carbocycles. The summed E-state index contributed by atoms with van der Waals surface area (Å²) in [6.45, 7) is 5.12. The predicted octanol–water partition coefficient (Wildman–Crippen LogP) is 3.51. The van der Waals surface area contributed by atoms with Crippen LogP contribution in [0.4, 0.5) is 11.6 Å². The van der Waals surface area contributed by atoms with Crippen molar-refractivity contribution in [2.75, 3.05) is 30.4 Å². The van der Waals surface area contributed by atoms with Gasteiger partial charge in [-0.15, -0.1) is 0 Å². The Morgan fingerprint density at radius 3 is 2.52 bits per heavy atom. The van der Waals surface area contributed by atoms with Gasteiger partial charge in [-0.3, -0.25) is 9.78 Å². The van der Waals surface area contributed by atoms with E-state index in [0.717, 1.165) is 24.4 Å². The average molecular weight is 391 g/mol. The molecule has 0 spiro atoms. The van der Waals surface area contributed by atoms with Gasteiger partial charge in [0.2, 0.25) is 5.95 Å². The number of nitrogens with one attached hydrogen (secondary N) is 1. The Labute approximate surface area is 170 Å². The van der Waals surface area contributed by atoms with Gasteiger partial charge < -0.3 is 15.0 Å². The Balaban J connectivity index is 1.67. The topological polar surface area (TPSA) is 80.2 Å². The van der Waals surface area contributed by atoms with Crippen molar-refractivity contribution in [1.82, 2.24) is 15.0 Å². The summed E-state index contributed by atoms with van der Waals surface area (Å²) in [6.07, 6.45) is 4.40. The number of aromatic nitrogens is 3. The molecule has 7 heteroatoms. The number of nitrogens with zero attached hydrogens (tertiary/aromatic N) is 4. The molecule has 0 fully saturated rings. The second-order valence-corrected chi connectivity index (χ2v) is 6.63. The molecule has 0 aliphatic heterocycles. The molecule has 29 heavy (non-hydrogen) atoms. The summed E-state index contributed by atoms with van der Waals surface area (Å²) < 4.78 is 5.42. The first-order chi connectivity index (χ1) is 14.0. The molecule has 150 valence electrons. The van der Waals surface area contributed by atoms with Crippen LogP contribution in [0.5, 0.6) is 5.75 Å². The van der Waals surface area contributed by atoms with E-state index in [1.807, 2.05) is 50.1 Å². The Kier molecular flexibility index (Phi) is 6.73. The van der Waals surface area contributed by atoms with E-state index in [4.69, 9.17) is 4.74 Å². The molecule has 0 saturated heterocycles. The van der Waals surface area contributed by atoms with Crippen molar-refractivity contribution >= 4 is 17.5 Å². The summed E-state index contributed by atoms with van der Waals surface area (Å²) in [6, 6.07) is 12.9. The zero-order chi connectivity index (χ0) is 20.6. The lowest BCUT2D eigenvalue weighted by molar-refractivity contribution is 0.102. The molecule has 2 aromatic heterocycles. The Hall–Kier alpha value is -3.48. The number of carbonyl (C=O) groups excluding carboxylic acids is 1. The highest BCUT2D eigenvalue weighted by Crippen LogP contribution is 2.17. The number of ether oxygens (including phenoxy) is 1. The van der Waals surface area contributed by atoms with E-state index in [2.05, 4.69) is 20.3 Å². The molecule has 3 rings (SSSR count). The van der Waals surface area contributed by atoms with Gasteiger partial charge in [-0.05, 0) is 68.3 Å². The minimum atomic E-state index is -0.275. The van der Waals surface area contributed by atoms with Gasteiger partial charge in [0.15, 0.2) is 0 Å². The molecule has 0 unspecified atom stereocenters. The fourth-order valence-electron chi connectivity index (χ4n) is 2.78. The highest BCUT2D eigenvalue weighted by atomic mass is 16.5. The van der Waals surface area contributed by atoms with Gasteiger partial charge in [0.25, 0.3) is 5.91 Å². The highest BCUT2D eigenvalue weighted by Gasteiger charge is 2.13. The SMILES string of the molecule is CCOc1ccc(NC(=O)c2cc(C)nc(N(C)CCc3ccncc3)n2)cc1. The first-order valence-electron chi connectivity index (χ1n) is 9.55. The van der Waals surface area contributed by atoms with E-state index in [-0.39, 0.29) is 5.91 Å². The first-order valence-corrected chi connectivity index (χ1v) is 9.55. The molecule has 0 aliphatic rings. The Morgan fingerprint density at radius 1 is 1.10 bits per heavy atom. The third-order valence-corrected chi connectivity index (χ3v) is 4.32. The minimum Gasteiger partial charge on any atom is -0.494 e. The van der Waals surface area contributed by atoms with Crippen molar-refractivity contribution in [3.63, 3.8) is 0 Å². The summed E-state index contributed by atoms with van der Waals surface area (Å²) >= 11 is 0. The highest BCUT2D eigenvalue weighted by molar-refractivity contribution is 6.03. The van der Waals surface area contributed by atoms with E-state index in [9.17, 15) is 4.79 Å². The van der Waals surface area contributed by atoms with Gasteiger partial charge in [-0.25, -0.2) is 9.97 Å². The molecule has 0 bridgehead atoms. The monoisotopic (exact) mass is 391 g/mol. The molecule has 3 aromatic rings. The van der Waals surface area contributed by atoms with Crippen molar-refractivity contribution in [2.24, 2.45) is 0 Å². The van der Waals surface area contributed by atoms with Gasteiger partial charge in [0, 0.05) is 37.4 Å². The summed E-state index contributed by atoms with van der Waals surface area (Å²) in [4.78, 5) is 27.6. The van der Waals surface area contributed by atoms with Crippen LogP contribution in [0.25, 0.3) is 0 Å². The Morgan fingerprint density at radius 2 is 1.83 bits per heavy atom. The molecular weight excluding hydrogens is 366 g/mol. The van der Waals surface area contributed by atoms with E-state index in [0.29, 0.717) is 23.9 Å². The van der Waals surface area contributed by atoms with Gasteiger partial charge in [0.1, 0.15) is 11.4 Å². The van der Waals surface area contributed by atoms with Crippen molar-refractivity contribution in [3.05, 3.63) is 71.8 Å². The number of aryl methyl sites for hydroxylation is 1. The number of hydrogen-bond acceptors (Lipinski definition) is 6. The third kappa shape index (κ3) is 5.75. The zero-order valence-corrected chi connectivity index (χ0v) is 16.9. The maximum Gasteiger partial charge on any atom is 0.274 e. The van der Waals surface area contributed by atoms with Crippen LogP contribution in [0.2, 0.25) is 0 Å². The number of rotatable bonds is 8. The van der Waals surface area contributed by atoms with E-state index in [1.165, 1.54) is 5.56 Å². The predicted molar refractivity (Wildman–Crippen MR) is 114 cm³/mol. The summed E-state index contributed by atoms with van der Waals surface area (Å²) in [5, 5.41) is 2.87. The maximum atomic E-state index is 12.7. The van der Waals surface area contributed by atoms with Gasteiger partial charge in [-0.2, -0.15) is 0 Å². The molecule has 0 saturated carbocycles. The quantitative estimate of drug-likeness (QED) is 0.633. The van der Waals surface area contributed by atoms with Crippen LogP contribution in [-0.4, -0.2) is 41.1 Å². The van der Waals surface area contributed by atoms with Crippen molar-refractivity contribution in [1.29, 1.82) is 0 Å². The first kappa shape index (κ1) is 20.3. The van der Waals surface area contributed by atoms with Gasteiger partial charge in [0.05, 0.1) is 6.61 Å². The maximum absolute atomic E-state index is 12.7. The van der Waals surface area contributed by atoms with Crippen molar-refractivity contribution in [2.45, 2.75) is 20.3 Å². The van der Waals surface area contributed by atoms with E-state index in [1.54, 1.807) is 30.6 Å². The Bertz CT molecular complexity index is 945. The van der Waals surface area contributed by atoms with Crippen LogP contribution in [-0.2, 0) is 6.42 Å². The van der Waals surface area contributed by atoms with Crippen LogP contribution in [0.3, 0.4) is 0 Å². The molecular formula is C22H25N5O2. The van der Waals surface area contributed by atoms with Crippen LogP contribution >= 0.6 is 0 Å². The second-order valence-electron chi connectivity index (χ2n) is 6.63. The lowest BCUT2D eigenvalue weighted by Crippen LogP contribution is -2.24. The standard InChI is InChI=1S/C22H25N5O2/c1-4-29-19-7-5-18(6-8-19)25-21(28)20-15-16(2)24-22(26-20)27(3)14-11-17-9-12-23-13-10-17/h5-10,12-13,15H,4,11,14H2,1-3H3,(H,25,28). The smallest absolute Gasteiger partial charge is 0.274 e. The third-order valence-electron chi connectivity index (χ3n) is 4.32. The number of pyridine rings is 1. The van der Waals surface area contributed by atoms with Crippen LogP contribution < -0.4 is 15.0 Å². The summed E-state index contributed by atoms with van der Waals surface area (Å²) in [5.74, 6) is 1.01. The van der Waals surface area contributed by atoms with E-state index >= 15 is 0 Å². The number of benzene rings is 1. The van der Waals surface area contributed by atoms with Gasteiger partial charge >= 0.3 is 0 Å². The largest absolute Gasteiger partial charge is 0.494 e. The zero-order valence-electron chi connectivity index (χ0n) is 16.9. The molecule has 0 radical (unpaired) electrons. The molecule has 1 amide bonds. The normalized spacial score (nSPS) is 10.4. The van der Waals surface area contributed by atoms with Crippen LogP contribution in [0.15, 0.2) is 54.9 Å². The van der Waals surface area contributed by atoms with Gasteiger partial charge in [-0.1, -0.05) is 0 Å². The van der Waals surface area contributed by atoms with Crippen molar-refractivity contribution in [3.8, 4) is 5.75 Å².